The second kappa shape index (κ2) is 7.35. The third kappa shape index (κ3) is 3.44. The number of anilines is 1. The Labute approximate surface area is 164 Å². The van der Waals surface area contributed by atoms with Crippen LogP contribution in [0.2, 0.25) is 5.15 Å². The predicted octanol–water partition coefficient (Wildman–Crippen LogP) is 3.11. The molecule has 0 spiro atoms. The first-order chi connectivity index (χ1) is 13.5. The van der Waals surface area contributed by atoms with E-state index in [0.29, 0.717) is 40.0 Å². The summed E-state index contributed by atoms with van der Waals surface area (Å²) < 4.78 is 20.9. The molecule has 0 amide bonds. The number of pyridine rings is 2. The number of aromatic nitrogens is 6. The maximum atomic E-state index is 13.8. The molecule has 0 unspecified atom stereocenters. The number of hydrogen-bond donors (Lipinski definition) is 1. The standard InChI is InChI=1S/C18H15ClFN7O/c1-2-28-18-25-15(21)14-17(26-18)27(9-12-4-3-5-13(19)23-12)16(24-14)10-6-11(20)8-22-7-10/h3-8H,2,9H2,1H3,(H2,21,25,26). The van der Waals surface area contributed by atoms with Crippen LogP contribution in [0, 0.1) is 5.82 Å². The van der Waals surface area contributed by atoms with Crippen LogP contribution in [-0.2, 0) is 6.54 Å². The van der Waals surface area contributed by atoms with Gasteiger partial charge in [-0.25, -0.2) is 14.4 Å². The summed E-state index contributed by atoms with van der Waals surface area (Å²) in [6.45, 7) is 2.49. The monoisotopic (exact) mass is 399 g/mol. The summed E-state index contributed by atoms with van der Waals surface area (Å²) in [5.41, 5.74) is 8.03. The Balaban J connectivity index is 1.95. The zero-order chi connectivity index (χ0) is 19.7. The van der Waals surface area contributed by atoms with Crippen LogP contribution in [-0.4, -0.2) is 36.1 Å². The summed E-state index contributed by atoms with van der Waals surface area (Å²) >= 11 is 6.01. The summed E-state index contributed by atoms with van der Waals surface area (Å²) in [6.07, 6.45) is 2.63. The molecule has 0 saturated carbocycles. The highest BCUT2D eigenvalue weighted by Gasteiger charge is 2.19. The summed E-state index contributed by atoms with van der Waals surface area (Å²) in [5, 5.41) is 0.361. The Kier molecular flexibility index (Phi) is 4.74. The van der Waals surface area contributed by atoms with Gasteiger partial charge in [-0.15, -0.1) is 0 Å². The molecule has 0 aliphatic carbocycles. The molecular weight excluding hydrogens is 385 g/mol. The number of halogens is 2. The number of imidazole rings is 1. The summed E-state index contributed by atoms with van der Waals surface area (Å²) in [4.78, 5) is 21.3. The summed E-state index contributed by atoms with van der Waals surface area (Å²) in [5.74, 6) is 0.112. The number of hydrogen-bond acceptors (Lipinski definition) is 7. The van der Waals surface area contributed by atoms with Crippen LogP contribution in [0.15, 0.2) is 36.7 Å². The average molecular weight is 400 g/mol. The zero-order valence-electron chi connectivity index (χ0n) is 14.8. The molecule has 0 fully saturated rings. The van der Waals surface area contributed by atoms with E-state index in [-0.39, 0.29) is 18.4 Å². The Morgan fingerprint density at radius 3 is 2.79 bits per heavy atom. The number of nitrogens with two attached hydrogens (primary N) is 1. The number of fused-ring (bicyclic) bond motifs is 1. The molecule has 8 nitrogen and oxygen atoms in total. The van der Waals surface area contributed by atoms with Gasteiger partial charge in [0.25, 0.3) is 0 Å². The Morgan fingerprint density at radius 2 is 2.04 bits per heavy atom. The highest BCUT2D eigenvalue weighted by atomic mass is 35.5. The SMILES string of the molecule is CCOc1nc(N)c2nc(-c3cncc(F)c3)n(Cc3cccc(Cl)n3)c2n1. The molecule has 0 atom stereocenters. The molecule has 4 aromatic rings. The van der Waals surface area contributed by atoms with Crippen molar-refractivity contribution in [2.24, 2.45) is 0 Å². The fourth-order valence-corrected chi connectivity index (χ4v) is 2.98. The van der Waals surface area contributed by atoms with Gasteiger partial charge >= 0.3 is 6.01 Å². The third-order valence-corrected chi connectivity index (χ3v) is 4.14. The van der Waals surface area contributed by atoms with E-state index in [1.807, 2.05) is 13.0 Å². The van der Waals surface area contributed by atoms with Crippen LogP contribution in [0.25, 0.3) is 22.6 Å². The van der Waals surface area contributed by atoms with Gasteiger partial charge in [0.05, 0.1) is 25.0 Å². The maximum absolute atomic E-state index is 13.8. The minimum absolute atomic E-state index is 0.136. The smallest absolute Gasteiger partial charge is 0.320 e. The normalized spacial score (nSPS) is 11.1. The van der Waals surface area contributed by atoms with Crippen LogP contribution >= 0.6 is 11.6 Å². The largest absolute Gasteiger partial charge is 0.464 e. The molecule has 2 N–H and O–H groups in total. The lowest BCUT2D eigenvalue weighted by molar-refractivity contribution is 0.314. The molecule has 0 aliphatic rings. The van der Waals surface area contributed by atoms with E-state index in [1.165, 1.54) is 12.3 Å². The number of nitrogen functional groups attached to an aromatic ring is 1. The minimum atomic E-state index is -0.481. The van der Waals surface area contributed by atoms with E-state index in [1.54, 1.807) is 16.7 Å². The van der Waals surface area contributed by atoms with Gasteiger partial charge in [-0.1, -0.05) is 17.7 Å². The molecule has 0 aliphatic heterocycles. The average Bonchev–Trinajstić information content (AvgIpc) is 3.01. The highest BCUT2D eigenvalue weighted by Crippen LogP contribution is 2.28. The first-order valence-electron chi connectivity index (χ1n) is 8.44. The lowest BCUT2D eigenvalue weighted by atomic mass is 10.2. The van der Waals surface area contributed by atoms with Crippen LogP contribution in [0.1, 0.15) is 12.6 Å². The molecule has 0 radical (unpaired) electrons. The van der Waals surface area contributed by atoms with Gasteiger partial charge in [-0.05, 0) is 25.1 Å². The Morgan fingerprint density at radius 1 is 1.18 bits per heavy atom. The van der Waals surface area contributed by atoms with Crippen molar-refractivity contribution in [1.29, 1.82) is 0 Å². The van der Waals surface area contributed by atoms with Crippen LogP contribution in [0.3, 0.4) is 0 Å². The number of rotatable bonds is 5. The molecule has 4 heterocycles. The van der Waals surface area contributed by atoms with E-state index in [0.717, 1.165) is 6.20 Å². The van der Waals surface area contributed by atoms with Crippen molar-refractivity contribution < 1.29 is 9.13 Å². The van der Waals surface area contributed by atoms with Gasteiger partial charge in [-0.2, -0.15) is 9.97 Å². The summed E-state index contributed by atoms with van der Waals surface area (Å²) in [6, 6.07) is 6.77. The van der Waals surface area contributed by atoms with Gasteiger partial charge in [0.1, 0.15) is 16.8 Å². The number of nitrogens with zero attached hydrogens (tertiary/aromatic N) is 6. The van der Waals surface area contributed by atoms with E-state index in [2.05, 4.69) is 24.9 Å². The highest BCUT2D eigenvalue weighted by molar-refractivity contribution is 6.29. The van der Waals surface area contributed by atoms with Crippen molar-refractivity contribution >= 4 is 28.6 Å². The molecule has 142 valence electrons. The zero-order valence-corrected chi connectivity index (χ0v) is 15.6. The van der Waals surface area contributed by atoms with E-state index >= 15 is 0 Å². The van der Waals surface area contributed by atoms with Crippen molar-refractivity contribution in [3.05, 3.63) is 53.3 Å². The van der Waals surface area contributed by atoms with Crippen LogP contribution in [0.4, 0.5) is 10.2 Å². The Hall–Kier alpha value is -3.33. The van der Waals surface area contributed by atoms with E-state index < -0.39 is 5.82 Å². The first-order valence-corrected chi connectivity index (χ1v) is 8.82. The molecule has 0 bridgehead atoms. The van der Waals surface area contributed by atoms with Gasteiger partial charge in [0, 0.05) is 11.8 Å². The molecule has 4 aromatic heterocycles. The molecule has 10 heteroatoms. The second-order valence-electron chi connectivity index (χ2n) is 5.86. The van der Waals surface area contributed by atoms with Crippen LogP contribution in [0.5, 0.6) is 6.01 Å². The van der Waals surface area contributed by atoms with E-state index in [9.17, 15) is 4.39 Å². The van der Waals surface area contributed by atoms with Crippen molar-refractivity contribution in [2.45, 2.75) is 13.5 Å². The molecular formula is C18H15ClFN7O. The lowest BCUT2D eigenvalue weighted by Gasteiger charge is -2.09. The second-order valence-corrected chi connectivity index (χ2v) is 6.25. The van der Waals surface area contributed by atoms with Gasteiger partial charge in [-0.3, -0.25) is 4.98 Å². The predicted molar refractivity (Wildman–Crippen MR) is 102 cm³/mol. The van der Waals surface area contributed by atoms with Crippen molar-refractivity contribution in [1.82, 2.24) is 29.5 Å². The topological polar surface area (TPSA) is 105 Å². The van der Waals surface area contributed by atoms with Gasteiger partial charge in [0.2, 0.25) is 0 Å². The van der Waals surface area contributed by atoms with E-state index in [4.69, 9.17) is 22.1 Å². The van der Waals surface area contributed by atoms with Crippen molar-refractivity contribution in [3.63, 3.8) is 0 Å². The van der Waals surface area contributed by atoms with Gasteiger partial charge < -0.3 is 15.0 Å². The maximum Gasteiger partial charge on any atom is 0.320 e. The molecule has 28 heavy (non-hydrogen) atoms. The van der Waals surface area contributed by atoms with Gasteiger partial charge in [0.15, 0.2) is 17.0 Å². The molecule has 0 aromatic carbocycles. The quantitative estimate of drug-likeness (QED) is 0.514. The summed E-state index contributed by atoms with van der Waals surface area (Å²) in [7, 11) is 0. The Bertz CT molecular complexity index is 1160. The van der Waals surface area contributed by atoms with Crippen molar-refractivity contribution in [3.8, 4) is 17.4 Å². The van der Waals surface area contributed by atoms with Crippen molar-refractivity contribution in [2.75, 3.05) is 12.3 Å². The lowest BCUT2D eigenvalue weighted by Crippen LogP contribution is -2.07. The number of ether oxygens (including phenoxy) is 1. The third-order valence-electron chi connectivity index (χ3n) is 3.93. The fraction of sp³-hybridized carbons (Fsp3) is 0.167. The first kappa shape index (κ1) is 18.1. The molecule has 4 rings (SSSR count). The minimum Gasteiger partial charge on any atom is -0.464 e. The fourth-order valence-electron chi connectivity index (χ4n) is 2.80. The van der Waals surface area contributed by atoms with Crippen LogP contribution < -0.4 is 10.5 Å². The molecule has 0 saturated heterocycles.